The van der Waals surface area contributed by atoms with Crippen molar-refractivity contribution in [3.05, 3.63) is 0 Å². The fourth-order valence-electron chi connectivity index (χ4n) is 2.93. The van der Waals surface area contributed by atoms with Gasteiger partial charge in [0.05, 0.1) is 12.5 Å². The highest BCUT2D eigenvalue weighted by Gasteiger charge is 2.34. The lowest BCUT2D eigenvalue weighted by Gasteiger charge is -2.37. The van der Waals surface area contributed by atoms with Crippen molar-refractivity contribution in [2.24, 2.45) is 17.3 Å². The first-order valence-corrected chi connectivity index (χ1v) is 7.82. The molecule has 1 fully saturated rings. The Kier molecular flexibility index (Phi) is 6.99. The first-order valence-electron chi connectivity index (χ1n) is 7.82. The molecule has 5 nitrogen and oxygen atoms in total. The van der Waals surface area contributed by atoms with E-state index in [0.717, 1.165) is 12.8 Å². The van der Waals surface area contributed by atoms with Crippen LogP contribution in [-0.4, -0.2) is 31.9 Å². The van der Waals surface area contributed by atoms with Crippen LogP contribution in [0.5, 0.6) is 0 Å². The van der Waals surface area contributed by atoms with E-state index >= 15 is 0 Å². The van der Waals surface area contributed by atoms with Gasteiger partial charge in [0.25, 0.3) is 0 Å². The average Bonchev–Trinajstić information content (AvgIpc) is 2.41. The van der Waals surface area contributed by atoms with Crippen molar-refractivity contribution >= 4 is 12.1 Å². The molecule has 1 saturated carbocycles. The first-order chi connectivity index (χ1) is 9.85. The molecule has 0 bridgehead atoms. The summed E-state index contributed by atoms with van der Waals surface area (Å²) in [6, 6.07) is 0. The zero-order chi connectivity index (χ0) is 15.9. The van der Waals surface area contributed by atoms with Crippen molar-refractivity contribution in [3.63, 3.8) is 0 Å². The van der Waals surface area contributed by atoms with E-state index < -0.39 is 6.16 Å². The van der Waals surface area contributed by atoms with Gasteiger partial charge in [0.15, 0.2) is 0 Å². The van der Waals surface area contributed by atoms with Crippen molar-refractivity contribution in [3.8, 4) is 0 Å². The van der Waals surface area contributed by atoms with E-state index in [9.17, 15) is 9.59 Å². The van der Waals surface area contributed by atoms with Gasteiger partial charge in [-0.05, 0) is 37.5 Å². The molecule has 0 radical (unpaired) electrons. The molecule has 1 rings (SSSR count). The van der Waals surface area contributed by atoms with E-state index in [0.29, 0.717) is 11.3 Å². The second kappa shape index (κ2) is 8.25. The third kappa shape index (κ3) is 6.36. The van der Waals surface area contributed by atoms with E-state index in [-0.39, 0.29) is 31.7 Å². The van der Waals surface area contributed by atoms with Crippen LogP contribution in [0.1, 0.15) is 53.4 Å². The number of carbonyl (C=O) groups excluding carboxylic acids is 2. The Labute approximate surface area is 127 Å². The van der Waals surface area contributed by atoms with Crippen molar-refractivity contribution in [1.82, 2.24) is 0 Å². The van der Waals surface area contributed by atoms with Crippen LogP contribution in [0.15, 0.2) is 0 Å². The lowest BCUT2D eigenvalue weighted by molar-refractivity contribution is -0.152. The van der Waals surface area contributed by atoms with Gasteiger partial charge in [-0.2, -0.15) is 0 Å². The van der Waals surface area contributed by atoms with Crippen LogP contribution >= 0.6 is 0 Å². The standard InChI is InChI=1S/C16H28O5/c1-5-19-15(18)21-10-9-20-14(17)12(2)13-7-6-8-16(3,4)11-13/h12-13H,5-11H2,1-4H3. The molecule has 0 aromatic carbocycles. The molecule has 5 heteroatoms. The SMILES string of the molecule is CCOC(=O)OCCOC(=O)C(C)C1CCCC(C)(C)C1. The Balaban J connectivity index is 2.26. The predicted octanol–water partition coefficient (Wildman–Crippen LogP) is 3.56. The molecular weight excluding hydrogens is 272 g/mol. The molecule has 0 aliphatic heterocycles. The number of rotatable bonds is 6. The van der Waals surface area contributed by atoms with Crippen LogP contribution in [0.4, 0.5) is 4.79 Å². The van der Waals surface area contributed by atoms with Crippen molar-refractivity contribution in [1.29, 1.82) is 0 Å². The van der Waals surface area contributed by atoms with Crippen LogP contribution < -0.4 is 0 Å². The Morgan fingerprint density at radius 3 is 2.48 bits per heavy atom. The lowest BCUT2D eigenvalue weighted by Crippen LogP contribution is -2.31. The fraction of sp³-hybridized carbons (Fsp3) is 0.875. The Hall–Kier alpha value is -1.26. The molecular formula is C16H28O5. The van der Waals surface area contributed by atoms with Gasteiger partial charge in [0.2, 0.25) is 0 Å². The van der Waals surface area contributed by atoms with E-state index in [1.54, 1.807) is 6.92 Å². The normalized spacial score (nSPS) is 22.2. The fourth-order valence-corrected chi connectivity index (χ4v) is 2.93. The van der Waals surface area contributed by atoms with Crippen molar-refractivity contribution in [2.75, 3.05) is 19.8 Å². The molecule has 122 valence electrons. The zero-order valence-electron chi connectivity index (χ0n) is 13.6. The minimum absolute atomic E-state index is 0.0352. The maximum absolute atomic E-state index is 12.0. The second-order valence-electron chi connectivity index (χ2n) is 6.51. The van der Waals surface area contributed by atoms with Crippen molar-refractivity contribution < 1.29 is 23.8 Å². The Morgan fingerprint density at radius 2 is 1.86 bits per heavy atom. The van der Waals surface area contributed by atoms with Gasteiger partial charge in [0, 0.05) is 0 Å². The molecule has 0 heterocycles. The molecule has 2 atom stereocenters. The number of esters is 1. The summed E-state index contributed by atoms with van der Waals surface area (Å²) >= 11 is 0. The quantitative estimate of drug-likeness (QED) is 0.554. The summed E-state index contributed by atoms with van der Waals surface area (Å²) in [5.41, 5.74) is 0.310. The number of carbonyl (C=O) groups is 2. The smallest absolute Gasteiger partial charge is 0.462 e. The van der Waals surface area contributed by atoms with Gasteiger partial charge in [-0.1, -0.05) is 27.2 Å². The minimum Gasteiger partial charge on any atom is -0.462 e. The molecule has 1 aliphatic carbocycles. The molecule has 0 aromatic rings. The number of hydrogen-bond acceptors (Lipinski definition) is 5. The topological polar surface area (TPSA) is 61.8 Å². The van der Waals surface area contributed by atoms with E-state index in [4.69, 9.17) is 9.47 Å². The highest BCUT2D eigenvalue weighted by Crippen LogP contribution is 2.41. The summed E-state index contributed by atoms with van der Waals surface area (Å²) in [6.07, 6.45) is 3.80. The molecule has 0 saturated heterocycles. The number of hydrogen-bond donors (Lipinski definition) is 0. The van der Waals surface area contributed by atoms with Crippen LogP contribution in [-0.2, 0) is 19.0 Å². The largest absolute Gasteiger partial charge is 0.508 e. The van der Waals surface area contributed by atoms with Crippen LogP contribution in [0.25, 0.3) is 0 Å². The third-order valence-corrected chi connectivity index (χ3v) is 4.13. The first kappa shape index (κ1) is 17.8. The number of ether oxygens (including phenoxy) is 3. The van der Waals surface area contributed by atoms with Gasteiger partial charge in [-0.15, -0.1) is 0 Å². The lowest BCUT2D eigenvalue weighted by atomic mass is 9.68. The van der Waals surface area contributed by atoms with Gasteiger partial charge in [-0.25, -0.2) is 4.79 Å². The molecule has 21 heavy (non-hydrogen) atoms. The Bertz CT molecular complexity index is 351. The third-order valence-electron chi connectivity index (χ3n) is 4.13. The van der Waals surface area contributed by atoms with Gasteiger partial charge >= 0.3 is 12.1 Å². The summed E-state index contributed by atoms with van der Waals surface area (Å²) in [5.74, 6) is 0.0737. The average molecular weight is 300 g/mol. The molecule has 0 N–H and O–H groups in total. The van der Waals surface area contributed by atoms with E-state index in [1.807, 2.05) is 6.92 Å². The summed E-state index contributed by atoms with van der Waals surface area (Å²) in [7, 11) is 0. The molecule has 0 amide bonds. The Morgan fingerprint density at radius 1 is 1.19 bits per heavy atom. The summed E-state index contributed by atoms with van der Waals surface area (Å²) in [4.78, 5) is 23.0. The summed E-state index contributed by atoms with van der Waals surface area (Å²) < 4.78 is 14.5. The second-order valence-corrected chi connectivity index (χ2v) is 6.51. The maximum atomic E-state index is 12.0. The molecule has 2 unspecified atom stereocenters. The van der Waals surface area contributed by atoms with Crippen molar-refractivity contribution in [2.45, 2.75) is 53.4 Å². The maximum Gasteiger partial charge on any atom is 0.508 e. The summed E-state index contributed by atoms with van der Waals surface area (Å²) in [6.45, 7) is 8.53. The molecule has 0 spiro atoms. The molecule has 0 aromatic heterocycles. The molecule has 1 aliphatic rings. The van der Waals surface area contributed by atoms with Crippen LogP contribution in [0.3, 0.4) is 0 Å². The predicted molar refractivity (Wildman–Crippen MR) is 78.8 cm³/mol. The van der Waals surface area contributed by atoms with E-state index in [1.165, 1.54) is 12.8 Å². The monoisotopic (exact) mass is 300 g/mol. The van der Waals surface area contributed by atoms with Crippen LogP contribution in [0.2, 0.25) is 0 Å². The summed E-state index contributed by atoms with van der Waals surface area (Å²) in [5, 5.41) is 0. The van der Waals surface area contributed by atoms with Crippen LogP contribution in [0, 0.1) is 17.3 Å². The van der Waals surface area contributed by atoms with Gasteiger partial charge in [-0.3, -0.25) is 4.79 Å². The zero-order valence-corrected chi connectivity index (χ0v) is 13.6. The van der Waals surface area contributed by atoms with Gasteiger partial charge < -0.3 is 14.2 Å². The highest BCUT2D eigenvalue weighted by atomic mass is 16.7. The van der Waals surface area contributed by atoms with E-state index in [2.05, 4.69) is 18.6 Å². The van der Waals surface area contributed by atoms with Gasteiger partial charge in [0.1, 0.15) is 13.2 Å². The highest BCUT2D eigenvalue weighted by molar-refractivity contribution is 5.72. The minimum atomic E-state index is -0.726.